The van der Waals surface area contributed by atoms with Gasteiger partial charge in [-0.2, -0.15) is 0 Å². The van der Waals surface area contributed by atoms with E-state index < -0.39 is 17.1 Å². The first-order valence-corrected chi connectivity index (χ1v) is 10.8. The number of nitrogens with one attached hydrogen (secondary N) is 1. The van der Waals surface area contributed by atoms with Crippen LogP contribution in [0.2, 0.25) is 0 Å². The van der Waals surface area contributed by atoms with Crippen LogP contribution in [-0.2, 0) is 16.2 Å². The van der Waals surface area contributed by atoms with Crippen molar-refractivity contribution in [3.8, 4) is 5.75 Å². The largest absolute Gasteiger partial charge is 0.489 e. The molecule has 0 bridgehead atoms. The summed E-state index contributed by atoms with van der Waals surface area (Å²) in [6.45, 7) is 0.0917. The van der Waals surface area contributed by atoms with Crippen molar-refractivity contribution in [2.24, 2.45) is 0 Å². The number of benzene rings is 3. The second-order valence-electron chi connectivity index (χ2n) is 7.03. The number of hydrogen-bond donors (Lipinski definition) is 1. The number of para-hydroxylation sites is 1. The maximum Gasteiger partial charge on any atom is 0.294 e. The third-order valence-electron chi connectivity index (χ3n) is 4.64. The summed E-state index contributed by atoms with van der Waals surface area (Å²) >= 11 is 0.819. The number of anilines is 1. The molecule has 0 saturated carbocycles. The molecule has 0 unspecified atom stereocenters. The maximum absolute atomic E-state index is 12.7. The number of rotatable bonds is 7. The van der Waals surface area contributed by atoms with Crippen LogP contribution in [0.25, 0.3) is 6.08 Å². The molecule has 1 fully saturated rings. The molecule has 0 spiro atoms. The van der Waals surface area contributed by atoms with Crippen LogP contribution >= 0.6 is 11.8 Å². The highest BCUT2D eigenvalue weighted by Gasteiger charge is 2.36. The van der Waals surface area contributed by atoms with E-state index in [9.17, 15) is 14.4 Å². The van der Waals surface area contributed by atoms with Crippen molar-refractivity contribution in [3.63, 3.8) is 0 Å². The zero-order chi connectivity index (χ0) is 22.3. The Balaban J connectivity index is 1.40. The quantitative estimate of drug-likeness (QED) is 0.523. The first kappa shape index (κ1) is 21.4. The van der Waals surface area contributed by atoms with Gasteiger partial charge in [-0.15, -0.1) is 0 Å². The van der Waals surface area contributed by atoms with Gasteiger partial charge in [-0.25, -0.2) is 0 Å². The van der Waals surface area contributed by atoms with Crippen LogP contribution in [0.5, 0.6) is 5.75 Å². The van der Waals surface area contributed by atoms with E-state index in [-0.39, 0.29) is 11.4 Å². The molecular weight excluding hydrogens is 424 g/mol. The second-order valence-corrected chi connectivity index (χ2v) is 8.02. The monoisotopic (exact) mass is 444 g/mol. The number of hydrogen-bond acceptors (Lipinski definition) is 5. The smallest absolute Gasteiger partial charge is 0.294 e. The number of imide groups is 1. The molecule has 1 heterocycles. The van der Waals surface area contributed by atoms with Gasteiger partial charge in [0, 0.05) is 5.69 Å². The van der Waals surface area contributed by atoms with Crippen LogP contribution in [0.3, 0.4) is 0 Å². The van der Waals surface area contributed by atoms with Crippen molar-refractivity contribution in [1.29, 1.82) is 0 Å². The van der Waals surface area contributed by atoms with Gasteiger partial charge >= 0.3 is 0 Å². The lowest BCUT2D eigenvalue weighted by atomic mass is 10.2. The van der Waals surface area contributed by atoms with Crippen molar-refractivity contribution in [3.05, 3.63) is 101 Å². The molecule has 0 atom stereocenters. The third-order valence-corrected chi connectivity index (χ3v) is 5.54. The molecule has 1 aliphatic heterocycles. The standard InChI is InChI=1S/C25H20N2O4S/c28-23(26-20-11-5-2-6-12-20)16-27-24(29)22(32-25(27)30)15-19-10-7-13-21(14-19)31-17-18-8-3-1-4-9-18/h1-15H,16-17H2,(H,26,28)/b22-15+. The SMILES string of the molecule is O=C(CN1C(=O)S/C(=C/c2cccc(OCc3ccccc3)c2)C1=O)Nc1ccccc1. The first-order valence-electron chi connectivity index (χ1n) is 9.95. The van der Waals surface area contributed by atoms with E-state index in [2.05, 4.69) is 5.32 Å². The Morgan fingerprint density at radius 3 is 2.41 bits per heavy atom. The first-order chi connectivity index (χ1) is 15.6. The van der Waals surface area contributed by atoms with E-state index in [1.807, 2.05) is 54.6 Å². The average Bonchev–Trinajstić information content (AvgIpc) is 3.06. The van der Waals surface area contributed by atoms with Gasteiger partial charge in [-0.1, -0.05) is 60.7 Å². The van der Waals surface area contributed by atoms with Gasteiger partial charge in [-0.05, 0) is 53.2 Å². The molecular formula is C25H20N2O4S. The molecule has 160 valence electrons. The van der Waals surface area contributed by atoms with Gasteiger partial charge < -0.3 is 10.1 Å². The van der Waals surface area contributed by atoms with Crippen molar-refractivity contribution < 1.29 is 19.1 Å². The lowest BCUT2D eigenvalue weighted by Crippen LogP contribution is -2.36. The molecule has 32 heavy (non-hydrogen) atoms. The summed E-state index contributed by atoms with van der Waals surface area (Å²) in [6, 6.07) is 26.0. The van der Waals surface area contributed by atoms with E-state index in [1.54, 1.807) is 36.4 Å². The molecule has 1 aliphatic rings. The fraction of sp³-hybridized carbons (Fsp3) is 0.0800. The van der Waals surface area contributed by atoms with Gasteiger partial charge in [0.2, 0.25) is 5.91 Å². The normalized spacial score (nSPS) is 14.6. The van der Waals surface area contributed by atoms with Crippen molar-refractivity contribution in [2.75, 3.05) is 11.9 Å². The molecule has 3 aromatic rings. The fourth-order valence-electron chi connectivity index (χ4n) is 3.09. The number of amides is 3. The lowest BCUT2D eigenvalue weighted by molar-refractivity contribution is -0.127. The zero-order valence-electron chi connectivity index (χ0n) is 17.1. The predicted octanol–water partition coefficient (Wildman–Crippen LogP) is 4.94. The molecule has 7 heteroatoms. The minimum absolute atomic E-state index is 0.266. The number of carbonyl (C=O) groups is 3. The van der Waals surface area contributed by atoms with Crippen molar-refractivity contribution in [1.82, 2.24) is 4.90 Å². The molecule has 1 saturated heterocycles. The summed E-state index contributed by atoms with van der Waals surface area (Å²) in [5.74, 6) is -0.265. The van der Waals surface area contributed by atoms with E-state index in [0.29, 0.717) is 18.0 Å². The van der Waals surface area contributed by atoms with Crippen LogP contribution in [-0.4, -0.2) is 28.5 Å². The number of carbonyl (C=O) groups excluding carboxylic acids is 3. The predicted molar refractivity (Wildman–Crippen MR) is 125 cm³/mol. The molecule has 0 aliphatic carbocycles. The third kappa shape index (κ3) is 5.44. The minimum Gasteiger partial charge on any atom is -0.489 e. The lowest BCUT2D eigenvalue weighted by Gasteiger charge is -2.12. The maximum atomic E-state index is 12.7. The molecule has 3 aromatic carbocycles. The Kier molecular flexibility index (Phi) is 6.67. The van der Waals surface area contributed by atoms with Crippen LogP contribution in [0.15, 0.2) is 89.8 Å². The summed E-state index contributed by atoms with van der Waals surface area (Å²) in [5.41, 5.74) is 2.38. The van der Waals surface area contributed by atoms with Crippen molar-refractivity contribution >= 4 is 40.6 Å². The Morgan fingerprint density at radius 1 is 0.938 bits per heavy atom. The van der Waals surface area contributed by atoms with Crippen LogP contribution in [0, 0.1) is 0 Å². The van der Waals surface area contributed by atoms with E-state index >= 15 is 0 Å². The number of thioether (sulfide) groups is 1. The van der Waals surface area contributed by atoms with E-state index in [0.717, 1.165) is 27.8 Å². The highest BCUT2D eigenvalue weighted by molar-refractivity contribution is 8.18. The average molecular weight is 445 g/mol. The van der Waals surface area contributed by atoms with Crippen LogP contribution < -0.4 is 10.1 Å². The summed E-state index contributed by atoms with van der Waals surface area (Å²) in [6.07, 6.45) is 1.63. The number of ether oxygens (including phenoxy) is 1. The van der Waals surface area contributed by atoms with Crippen molar-refractivity contribution in [2.45, 2.75) is 6.61 Å². The topological polar surface area (TPSA) is 75.7 Å². The van der Waals surface area contributed by atoms with Gasteiger partial charge in [0.15, 0.2) is 0 Å². The van der Waals surface area contributed by atoms with Gasteiger partial charge in [0.25, 0.3) is 11.1 Å². The van der Waals surface area contributed by atoms with E-state index in [4.69, 9.17) is 4.74 Å². The molecule has 6 nitrogen and oxygen atoms in total. The Hall–Kier alpha value is -3.84. The fourth-order valence-corrected chi connectivity index (χ4v) is 3.93. The van der Waals surface area contributed by atoms with Gasteiger partial charge in [-0.3, -0.25) is 19.3 Å². The Labute approximate surface area is 189 Å². The molecule has 1 N–H and O–H groups in total. The van der Waals surface area contributed by atoms with Gasteiger partial charge in [0.05, 0.1) is 4.91 Å². The minimum atomic E-state index is -0.487. The molecule has 0 radical (unpaired) electrons. The summed E-state index contributed by atoms with van der Waals surface area (Å²) in [4.78, 5) is 38.5. The summed E-state index contributed by atoms with van der Waals surface area (Å²) in [7, 11) is 0. The van der Waals surface area contributed by atoms with Gasteiger partial charge in [0.1, 0.15) is 18.9 Å². The summed E-state index contributed by atoms with van der Waals surface area (Å²) < 4.78 is 5.82. The molecule has 3 amide bonds. The second kappa shape index (κ2) is 9.98. The van der Waals surface area contributed by atoms with E-state index in [1.165, 1.54) is 0 Å². The summed E-state index contributed by atoms with van der Waals surface area (Å²) in [5, 5.41) is 2.21. The Bertz CT molecular complexity index is 1160. The molecule has 4 rings (SSSR count). The molecule has 0 aromatic heterocycles. The Morgan fingerprint density at radius 2 is 1.66 bits per heavy atom. The van der Waals surface area contributed by atoms with Crippen LogP contribution in [0.4, 0.5) is 10.5 Å². The number of nitrogens with zero attached hydrogens (tertiary/aromatic N) is 1. The highest BCUT2D eigenvalue weighted by atomic mass is 32.2. The van der Waals surface area contributed by atoms with Crippen LogP contribution in [0.1, 0.15) is 11.1 Å². The zero-order valence-corrected chi connectivity index (χ0v) is 17.9. The highest BCUT2D eigenvalue weighted by Crippen LogP contribution is 2.32.